The van der Waals surface area contributed by atoms with Crippen LogP contribution >= 0.6 is 0 Å². The average Bonchev–Trinajstić information content (AvgIpc) is 3.35. The molecule has 3 amide bonds. The Morgan fingerprint density at radius 2 is 2.12 bits per heavy atom. The average molecular weight is 330 g/mol. The fourth-order valence-electron chi connectivity index (χ4n) is 3.84. The van der Waals surface area contributed by atoms with E-state index in [1.54, 1.807) is 6.20 Å². The highest BCUT2D eigenvalue weighted by atomic mass is 16.2. The van der Waals surface area contributed by atoms with Crippen LogP contribution in [0.4, 0.5) is 10.6 Å². The van der Waals surface area contributed by atoms with Gasteiger partial charge in [-0.15, -0.1) is 0 Å². The molecule has 1 saturated carbocycles. The van der Waals surface area contributed by atoms with E-state index in [-0.39, 0.29) is 23.3 Å². The number of urea groups is 1. The number of aromatic nitrogens is 2. The van der Waals surface area contributed by atoms with Crippen LogP contribution in [-0.2, 0) is 0 Å². The van der Waals surface area contributed by atoms with Gasteiger partial charge in [-0.3, -0.25) is 4.79 Å². The van der Waals surface area contributed by atoms with Crippen LogP contribution in [0, 0.1) is 0 Å². The van der Waals surface area contributed by atoms with Crippen LogP contribution in [0.1, 0.15) is 36.2 Å². The molecule has 1 aromatic heterocycles. The van der Waals surface area contributed by atoms with Crippen LogP contribution in [-0.4, -0.2) is 70.0 Å². The van der Waals surface area contributed by atoms with Gasteiger partial charge in [-0.2, -0.15) is 0 Å². The van der Waals surface area contributed by atoms with Gasteiger partial charge in [0.15, 0.2) is 0 Å². The summed E-state index contributed by atoms with van der Waals surface area (Å²) >= 11 is 0. The highest BCUT2D eigenvalue weighted by Gasteiger charge is 2.57. The molecule has 4 rings (SSSR count). The normalized spacial score (nSPS) is 25.5. The molecule has 2 saturated heterocycles. The van der Waals surface area contributed by atoms with Crippen molar-refractivity contribution in [2.45, 2.75) is 37.3 Å². The van der Waals surface area contributed by atoms with E-state index in [0.717, 1.165) is 51.1 Å². The molecule has 24 heavy (non-hydrogen) atoms. The maximum absolute atomic E-state index is 12.6. The number of amides is 3. The first-order chi connectivity index (χ1) is 11.5. The molecule has 1 aliphatic carbocycles. The van der Waals surface area contributed by atoms with E-state index < -0.39 is 5.91 Å². The highest BCUT2D eigenvalue weighted by molar-refractivity contribution is 5.90. The van der Waals surface area contributed by atoms with Gasteiger partial charge >= 0.3 is 6.03 Å². The molecule has 1 atom stereocenters. The molecule has 1 unspecified atom stereocenters. The zero-order valence-electron chi connectivity index (χ0n) is 13.8. The van der Waals surface area contributed by atoms with E-state index in [1.807, 2.05) is 16.8 Å². The molecule has 8 heteroatoms. The lowest BCUT2D eigenvalue weighted by Crippen LogP contribution is -2.49. The SMILES string of the molecule is CN1C(=O)N(C2CCCN(c3cnc(C(N)=O)cn3)C2)CC12CC2. The zero-order chi connectivity index (χ0) is 16.9. The van der Waals surface area contributed by atoms with Gasteiger partial charge in [0.05, 0.1) is 24.0 Å². The molecule has 128 valence electrons. The van der Waals surface area contributed by atoms with Gasteiger partial charge in [-0.1, -0.05) is 0 Å². The van der Waals surface area contributed by atoms with E-state index in [1.165, 1.54) is 6.20 Å². The van der Waals surface area contributed by atoms with Crippen LogP contribution in [0.25, 0.3) is 0 Å². The third kappa shape index (κ3) is 2.37. The number of nitrogens with zero attached hydrogens (tertiary/aromatic N) is 5. The van der Waals surface area contributed by atoms with Crippen molar-refractivity contribution in [2.24, 2.45) is 5.73 Å². The lowest BCUT2D eigenvalue weighted by molar-refractivity contribution is 0.0995. The van der Waals surface area contributed by atoms with Crippen LogP contribution < -0.4 is 10.6 Å². The van der Waals surface area contributed by atoms with E-state index in [4.69, 9.17) is 5.73 Å². The minimum atomic E-state index is -0.578. The number of nitrogens with two attached hydrogens (primary N) is 1. The molecular formula is C16H22N6O2. The van der Waals surface area contributed by atoms with Gasteiger partial charge in [0.25, 0.3) is 5.91 Å². The van der Waals surface area contributed by atoms with Crippen LogP contribution in [0.2, 0.25) is 0 Å². The standard InChI is InChI=1S/C16H22N6O2/c1-20-15(24)22(10-16(20)4-5-16)11-3-2-6-21(9-11)13-8-18-12(7-19-13)14(17)23/h7-8,11H,2-6,9-10H2,1H3,(H2,17,23). The van der Waals surface area contributed by atoms with Crippen molar-refractivity contribution >= 4 is 17.8 Å². The zero-order valence-corrected chi connectivity index (χ0v) is 13.8. The number of hydrogen-bond donors (Lipinski definition) is 1. The summed E-state index contributed by atoms with van der Waals surface area (Å²) in [5, 5.41) is 0. The van der Waals surface area contributed by atoms with Crippen LogP contribution in [0.15, 0.2) is 12.4 Å². The maximum Gasteiger partial charge on any atom is 0.320 e. The topological polar surface area (TPSA) is 95.7 Å². The van der Waals surface area contributed by atoms with Crippen molar-refractivity contribution in [2.75, 3.05) is 31.6 Å². The van der Waals surface area contributed by atoms with Gasteiger partial charge in [0.2, 0.25) is 0 Å². The third-order valence-corrected chi connectivity index (χ3v) is 5.59. The Hall–Kier alpha value is -2.38. The lowest BCUT2D eigenvalue weighted by atomic mass is 10.0. The summed E-state index contributed by atoms with van der Waals surface area (Å²) in [4.78, 5) is 38.2. The van der Waals surface area contributed by atoms with E-state index in [9.17, 15) is 9.59 Å². The smallest absolute Gasteiger partial charge is 0.320 e. The highest BCUT2D eigenvalue weighted by Crippen LogP contribution is 2.46. The second-order valence-corrected chi connectivity index (χ2v) is 7.06. The Bertz CT molecular complexity index is 672. The first-order valence-corrected chi connectivity index (χ1v) is 8.41. The van der Waals surface area contributed by atoms with E-state index in [0.29, 0.717) is 0 Å². The molecule has 0 aromatic carbocycles. The second-order valence-electron chi connectivity index (χ2n) is 7.06. The number of primary amides is 1. The van der Waals surface area contributed by atoms with Gasteiger partial charge in [-0.25, -0.2) is 14.8 Å². The Kier molecular flexibility index (Phi) is 3.36. The molecule has 3 aliphatic rings. The first-order valence-electron chi connectivity index (χ1n) is 8.41. The van der Waals surface area contributed by atoms with Crippen molar-refractivity contribution in [3.63, 3.8) is 0 Å². The molecule has 8 nitrogen and oxygen atoms in total. The number of carbonyl (C=O) groups is 2. The Morgan fingerprint density at radius 1 is 1.33 bits per heavy atom. The molecule has 0 radical (unpaired) electrons. The van der Waals surface area contributed by atoms with Crippen molar-refractivity contribution in [3.05, 3.63) is 18.1 Å². The minimum absolute atomic E-state index is 0.0995. The van der Waals surface area contributed by atoms with Crippen molar-refractivity contribution < 1.29 is 9.59 Å². The molecule has 1 aromatic rings. The number of carbonyl (C=O) groups excluding carboxylic acids is 2. The summed E-state index contributed by atoms with van der Waals surface area (Å²) in [6.45, 7) is 2.47. The first kappa shape index (κ1) is 15.2. The van der Waals surface area contributed by atoms with E-state index in [2.05, 4.69) is 14.9 Å². The molecule has 1 spiro atoms. The monoisotopic (exact) mass is 330 g/mol. The Labute approximate surface area is 140 Å². The summed E-state index contributed by atoms with van der Waals surface area (Å²) in [6.07, 6.45) is 7.24. The minimum Gasteiger partial charge on any atom is -0.364 e. The molecule has 3 heterocycles. The largest absolute Gasteiger partial charge is 0.364 e. The predicted octanol–water partition coefficient (Wildman–Crippen LogP) is 0.444. The number of rotatable bonds is 3. The summed E-state index contributed by atoms with van der Waals surface area (Å²) in [5.41, 5.74) is 5.47. The summed E-state index contributed by atoms with van der Waals surface area (Å²) < 4.78 is 0. The summed E-state index contributed by atoms with van der Waals surface area (Å²) in [7, 11) is 1.92. The fourth-order valence-corrected chi connectivity index (χ4v) is 3.84. The summed E-state index contributed by atoms with van der Waals surface area (Å²) in [6, 6.07) is 0.348. The molecule has 2 N–H and O–H groups in total. The van der Waals surface area contributed by atoms with Crippen molar-refractivity contribution in [3.8, 4) is 0 Å². The van der Waals surface area contributed by atoms with Crippen LogP contribution in [0.3, 0.4) is 0 Å². The van der Waals surface area contributed by atoms with Gasteiger partial charge < -0.3 is 20.4 Å². The quantitative estimate of drug-likeness (QED) is 0.868. The van der Waals surface area contributed by atoms with E-state index >= 15 is 0 Å². The number of hydrogen-bond acceptors (Lipinski definition) is 5. The fraction of sp³-hybridized carbons (Fsp3) is 0.625. The number of anilines is 1. The number of likely N-dealkylation sites (N-methyl/N-ethyl adjacent to an activating group) is 1. The number of piperidine rings is 1. The maximum atomic E-state index is 12.6. The third-order valence-electron chi connectivity index (χ3n) is 5.59. The molecule has 2 aliphatic heterocycles. The Balaban J connectivity index is 1.48. The molecule has 3 fully saturated rings. The molecule has 0 bridgehead atoms. The van der Waals surface area contributed by atoms with Crippen molar-refractivity contribution in [1.29, 1.82) is 0 Å². The van der Waals surface area contributed by atoms with Crippen LogP contribution in [0.5, 0.6) is 0 Å². The van der Waals surface area contributed by atoms with Gasteiger partial charge in [0, 0.05) is 26.7 Å². The molecular weight excluding hydrogens is 308 g/mol. The lowest BCUT2D eigenvalue weighted by Gasteiger charge is -2.37. The predicted molar refractivity (Wildman–Crippen MR) is 87.6 cm³/mol. The van der Waals surface area contributed by atoms with Gasteiger partial charge in [0.1, 0.15) is 11.5 Å². The van der Waals surface area contributed by atoms with Gasteiger partial charge in [-0.05, 0) is 25.7 Å². The van der Waals surface area contributed by atoms with Crippen molar-refractivity contribution in [1.82, 2.24) is 19.8 Å². The Morgan fingerprint density at radius 3 is 2.71 bits per heavy atom. The second kappa shape index (κ2) is 5.32. The summed E-state index contributed by atoms with van der Waals surface area (Å²) in [5.74, 6) is 0.150.